The number of aliphatic hydroxyl groups excluding tert-OH is 1. The number of rotatable bonds is 2. The summed E-state index contributed by atoms with van der Waals surface area (Å²) in [6.45, 7) is 0.229. The fourth-order valence-electron chi connectivity index (χ4n) is 2.50. The predicted octanol–water partition coefficient (Wildman–Crippen LogP) is 2.24. The molecule has 0 spiro atoms. The van der Waals surface area contributed by atoms with Gasteiger partial charge in [0.25, 0.3) is 0 Å². The zero-order valence-electron chi connectivity index (χ0n) is 9.91. The van der Waals surface area contributed by atoms with E-state index >= 15 is 0 Å². The van der Waals surface area contributed by atoms with Crippen molar-refractivity contribution in [3.8, 4) is 11.5 Å². The number of ether oxygens (including phenoxy) is 1. The van der Waals surface area contributed by atoms with Gasteiger partial charge in [0.15, 0.2) is 0 Å². The van der Waals surface area contributed by atoms with Gasteiger partial charge in [-0.15, -0.1) is 0 Å². The molecule has 3 rings (SSSR count). The van der Waals surface area contributed by atoms with Crippen molar-refractivity contribution in [3.05, 3.63) is 59.7 Å². The van der Waals surface area contributed by atoms with E-state index < -0.39 is 6.10 Å². The number of benzene rings is 2. The molecule has 0 radical (unpaired) electrons. The summed E-state index contributed by atoms with van der Waals surface area (Å²) in [6.07, 6.45) is -0.601. The van der Waals surface area contributed by atoms with Crippen LogP contribution in [0, 0.1) is 0 Å². The molecule has 0 saturated carbocycles. The maximum absolute atomic E-state index is 10.2. The van der Waals surface area contributed by atoms with Crippen LogP contribution in [0.4, 0.5) is 0 Å². The van der Waals surface area contributed by atoms with E-state index in [2.05, 4.69) is 0 Å². The first-order valence-corrected chi connectivity index (χ1v) is 6.05. The highest BCUT2D eigenvalue weighted by Gasteiger charge is 2.31. The molecule has 1 heterocycles. The number of para-hydroxylation sites is 2. The molecule has 1 atom stereocenters. The van der Waals surface area contributed by atoms with Gasteiger partial charge in [0, 0.05) is 23.6 Å². The number of nitrogens with two attached hydrogens (primary N) is 1. The predicted molar refractivity (Wildman–Crippen MR) is 69.9 cm³/mol. The molecule has 1 aliphatic heterocycles. The van der Waals surface area contributed by atoms with Gasteiger partial charge in [-0.2, -0.15) is 0 Å². The maximum atomic E-state index is 10.2. The van der Waals surface area contributed by atoms with Crippen molar-refractivity contribution >= 4 is 0 Å². The van der Waals surface area contributed by atoms with E-state index in [-0.39, 0.29) is 12.5 Å². The van der Waals surface area contributed by atoms with Gasteiger partial charge in [0.1, 0.15) is 11.5 Å². The van der Waals surface area contributed by atoms with E-state index in [9.17, 15) is 5.11 Å². The lowest BCUT2D eigenvalue weighted by molar-refractivity contribution is 0.160. The van der Waals surface area contributed by atoms with Crippen molar-refractivity contribution in [1.29, 1.82) is 0 Å². The zero-order valence-corrected chi connectivity index (χ0v) is 9.91. The molecule has 2 aromatic carbocycles. The Morgan fingerprint density at radius 2 is 1.50 bits per heavy atom. The minimum absolute atomic E-state index is 0.115. The highest BCUT2D eigenvalue weighted by molar-refractivity contribution is 5.54. The molecule has 1 aliphatic rings. The smallest absolute Gasteiger partial charge is 0.131 e. The van der Waals surface area contributed by atoms with Crippen LogP contribution in [0.5, 0.6) is 11.5 Å². The lowest BCUT2D eigenvalue weighted by Gasteiger charge is -2.30. The Labute approximate surface area is 106 Å². The SMILES string of the molecule is NCC(O)C1c2ccccc2Oc2ccccc21. The van der Waals surface area contributed by atoms with Gasteiger partial charge in [0.05, 0.1) is 6.10 Å². The monoisotopic (exact) mass is 241 g/mol. The Kier molecular flexibility index (Phi) is 2.78. The van der Waals surface area contributed by atoms with Gasteiger partial charge >= 0.3 is 0 Å². The molecule has 0 bridgehead atoms. The number of hydrogen-bond donors (Lipinski definition) is 2. The van der Waals surface area contributed by atoms with Crippen molar-refractivity contribution in [2.45, 2.75) is 12.0 Å². The second-order valence-corrected chi connectivity index (χ2v) is 4.46. The lowest BCUT2D eigenvalue weighted by Crippen LogP contribution is -2.30. The first kappa shape index (κ1) is 11.3. The fraction of sp³-hybridized carbons (Fsp3) is 0.200. The van der Waals surface area contributed by atoms with Crippen LogP contribution < -0.4 is 10.5 Å². The Morgan fingerprint density at radius 1 is 1.00 bits per heavy atom. The van der Waals surface area contributed by atoms with Gasteiger partial charge in [-0.1, -0.05) is 36.4 Å². The van der Waals surface area contributed by atoms with E-state index in [0.717, 1.165) is 22.6 Å². The van der Waals surface area contributed by atoms with E-state index in [1.807, 2.05) is 48.5 Å². The topological polar surface area (TPSA) is 55.5 Å². The van der Waals surface area contributed by atoms with Gasteiger partial charge < -0.3 is 15.6 Å². The summed E-state index contributed by atoms with van der Waals surface area (Å²) in [6, 6.07) is 15.6. The second-order valence-electron chi connectivity index (χ2n) is 4.46. The molecule has 3 heteroatoms. The summed E-state index contributed by atoms with van der Waals surface area (Å²) in [5, 5.41) is 10.2. The van der Waals surface area contributed by atoms with E-state index in [0.29, 0.717) is 0 Å². The van der Waals surface area contributed by atoms with Crippen LogP contribution in [-0.4, -0.2) is 17.8 Å². The first-order valence-electron chi connectivity index (χ1n) is 6.05. The van der Waals surface area contributed by atoms with Crippen molar-refractivity contribution in [3.63, 3.8) is 0 Å². The Balaban J connectivity index is 2.17. The van der Waals surface area contributed by atoms with E-state index in [4.69, 9.17) is 10.5 Å². The summed E-state index contributed by atoms with van der Waals surface area (Å²) >= 11 is 0. The van der Waals surface area contributed by atoms with Crippen LogP contribution in [0.1, 0.15) is 17.0 Å². The fourth-order valence-corrected chi connectivity index (χ4v) is 2.50. The third kappa shape index (κ3) is 1.68. The molecule has 0 aliphatic carbocycles. The van der Waals surface area contributed by atoms with Crippen molar-refractivity contribution in [2.75, 3.05) is 6.54 Å². The summed E-state index contributed by atoms with van der Waals surface area (Å²) in [5.41, 5.74) is 7.62. The Hall–Kier alpha value is -1.84. The van der Waals surface area contributed by atoms with Crippen LogP contribution >= 0.6 is 0 Å². The average Bonchev–Trinajstić information content (AvgIpc) is 2.44. The van der Waals surface area contributed by atoms with Crippen LogP contribution in [0.25, 0.3) is 0 Å². The highest BCUT2D eigenvalue weighted by Crippen LogP contribution is 2.45. The zero-order chi connectivity index (χ0) is 12.5. The molecule has 2 aromatic rings. The molecule has 0 aromatic heterocycles. The van der Waals surface area contributed by atoms with Crippen molar-refractivity contribution in [1.82, 2.24) is 0 Å². The quantitative estimate of drug-likeness (QED) is 0.847. The molecule has 0 saturated heterocycles. The minimum atomic E-state index is -0.601. The highest BCUT2D eigenvalue weighted by atomic mass is 16.5. The van der Waals surface area contributed by atoms with Crippen LogP contribution in [0.3, 0.4) is 0 Å². The molecule has 3 N–H and O–H groups in total. The van der Waals surface area contributed by atoms with Gasteiger partial charge in [-0.25, -0.2) is 0 Å². The molecular formula is C15H15NO2. The minimum Gasteiger partial charge on any atom is -0.457 e. The average molecular weight is 241 g/mol. The van der Waals surface area contributed by atoms with E-state index in [1.54, 1.807) is 0 Å². The molecule has 0 amide bonds. The third-order valence-electron chi connectivity index (χ3n) is 3.35. The van der Waals surface area contributed by atoms with Crippen LogP contribution in [-0.2, 0) is 0 Å². The molecule has 18 heavy (non-hydrogen) atoms. The lowest BCUT2D eigenvalue weighted by atomic mass is 9.84. The second kappa shape index (κ2) is 4.44. The summed E-state index contributed by atoms with van der Waals surface area (Å²) in [4.78, 5) is 0. The maximum Gasteiger partial charge on any atom is 0.131 e. The van der Waals surface area contributed by atoms with Crippen LogP contribution in [0.15, 0.2) is 48.5 Å². The summed E-state index contributed by atoms with van der Waals surface area (Å²) in [7, 11) is 0. The van der Waals surface area contributed by atoms with E-state index in [1.165, 1.54) is 0 Å². The number of hydrogen-bond acceptors (Lipinski definition) is 3. The standard InChI is InChI=1S/C15H15NO2/c16-9-12(17)15-10-5-1-3-7-13(10)18-14-8-4-2-6-11(14)15/h1-8,12,15,17H,9,16H2. The molecule has 3 nitrogen and oxygen atoms in total. The van der Waals surface area contributed by atoms with Crippen molar-refractivity contribution in [2.24, 2.45) is 5.73 Å². The first-order chi connectivity index (χ1) is 8.81. The Morgan fingerprint density at radius 3 is 2.00 bits per heavy atom. The summed E-state index contributed by atoms with van der Waals surface area (Å²) in [5.74, 6) is 1.48. The summed E-state index contributed by atoms with van der Waals surface area (Å²) < 4.78 is 5.85. The number of aliphatic hydroxyl groups is 1. The van der Waals surface area contributed by atoms with Gasteiger partial charge in [-0.3, -0.25) is 0 Å². The third-order valence-corrected chi connectivity index (χ3v) is 3.35. The molecule has 92 valence electrons. The van der Waals surface area contributed by atoms with Crippen molar-refractivity contribution < 1.29 is 9.84 Å². The number of fused-ring (bicyclic) bond motifs is 2. The van der Waals surface area contributed by atoms with Gasteiger partial charge in [-0.05, 0) is 12.1 Å². The molecular weight excluding hydrogens is 226 g/mol. The largest absolute Gasteiger partial charge is 0.457 e. The Bertz CT molecular complexity index is 522. The normalized spacial score (nSPS) is 15.4. The molecule has 1 unspecified atom stereocenters. The molecule has 0 fully saturated rings. The van der Waals surface area contributed by atoms with Crippen LogP contribution in [0.2, 0.25) is 0 Å². The van der Waals surface area contributed by atoms with Gasteiger partial charge in [0.2, 0.25) is 0 Å².